The van der Waals surface area contributed by atoms with Crippen LogP contribution < -0.4 is 4.74 Å². The van der Waals surface area contributed by atoms with Gasteiger partial charge in [0.25, 0.3) is 5.91 Å². The van der Waals surface area contributed by atoms with Crippen LogP contribution in [0.1, 0.15) is 25.3 Å². The van der Waals surface area contributed by atoms with Crippen LogP contribution in [0.2, 0.25) is 5.02 Å². The second kappa shape index (κ2) is 6.29. The van der Waals surface area contributed by atoms with Gasteiger partial charge in [0.1, 0.15) is 5.75 Å². The number of aryl methyl sites for hydroxylation is 1. The molecule has 0 N–H and O–H groups in total. The molecule has 1 heterocycles. The number of hydrogen-bond donors (Lipinski definition) is 0. The molecular weight excluding hydrogens is 262 g/mol. The molecule has 0 unspecified atom stereocenters. The smallest absolute Gasteiger partial charge is 0.260 e. The molecule has 0 radical (unpaired) electrons. The van der Waals surface area contributed by atoms with E-state index in [0.29, 0.717) is 10.8 Å². The predicted molar refractivity (Wildman–Crippen MR) is 76.7 cm³/mol. The monoisotopic (exact) mass is 281 g/mol. The molecule has 1 aromatic rings. The zero-order valence-electron chi connectivity index (χ0n) is 11.5. The van der Waals surface area contributed by atoms with E-state index in [2.05, 4.69) is 6.92 Å². The van der Waals surface area contributed by atoms with Gasteiger partial charge in [-0.15, -0.1) is 0 Å². The second-order valence-corrected chi connectivity index (χ2v) is 5.65. The summed E-state index contributed by atoms with van der Waals surface area (Å²) in [6.45, 7) is 5.90. The molecular formula is C15H20ClNO2. The third kappa shape index (κ3) is 3.63. The zero-order valence-corrected chi connectivity index (χ0v) is 12.2. The molecule has 0 spiro atoms. The molecule has 104 valence electrons. The number of hydrogen-bond acceptors (Lipinski definition) is 2. The van der Waals surface area contributed by atoms with Gasteiger partial charge in [0.2, 0.25) is 0 Å². The van der Waals surface area contributed by atoms with E-state index in [1.54, 1.807) is 6.07 Å². The van der Waals surface area contributed by atoms with Crippen LogP contribution in [0.4, 0.5) is 0 Å². The van der Waals surface area contributed by atoms with Crippen molar-refractivity contribution in [3.05, 3.63) is 28.8 Å². The van der Waals surface area contributed by atoms with Crippen molar-refractivity contribution in [2.24, 2.45) is 5.92 Å². The highest BCUT2D eigenvalue weighted by Gasteiger charge is 2.20. The Hall–Kier alpha value is -1.22. The van der Waals surface area contributed by atoms with E-state index in [-0.39, 0.29) is 12.5 Å². The maximum Gasteiger partial charge on any atom is 0.260 e. The molecule has 0 aliphatic carbocycles. The molecule has 4 heteroatoms. The first kappa shape index (κ1) is 14.2. The first-order valence-electron chi connectivity index (χ1n) is 6.73. The number of benzene rings is 1. The number of halogens is 1. The molecule has 19 heavy (non-hydrogen) atoms. The molecule has 1 amide bonds. The van der Waals surface area contributed by atoms with Crippen LogP contribution in [0.25, 0.3) is 0 Å². The Morgan fingerprint density at radius 3 is 2.74 bits per heavy atom. The Labute approximate surface area is 119 Å². The largest absolute Gasteiger partial charge is 0.482 e. The highest BCUT2D eigenvalue weighted by Crippen LogP contribution is 2.28. The molecule has 1 aliphatic heterocycles. The number of piperidine rings is 1. The summed E-state index contributed by atoms with van der Waals surface area (Å²) in [7, 11) is 0. The Bertz CT molecular complexity index is 433. The molecule has 0 atom stereocenters. The quantitative estimate of drug-likeness (QED) is 0.851. The Morgan fingerprint density at radius 2 is 2.11 bits per heavy atom. The van der Waals surface area contributed by atoms with Crippen molar-refractivity contribution in [1.82, 2.24) is 4.90 Å². The van der Waals surface area contributed by atoms with Gasteiger partial charge < -0.3 is 9.64 Å². The molecule has 0 saturated carbocycles. The van der Waals surface area contributed by atoms with Crippen molar-refractivity contribution >= 4 is 17.5 Å². The molecule has 3 nitrogen and oxygen atoms in total. The average molecular weight is 282 g/mol. The number of amides is 1. The van der Waals surface area contributed by atoms with E-state index < -0.39 is 0 Å². The number of likely N-dealkylation sites (tertiary alicyclic amines) is 1. The molecule has 1 saturated heterocycles. The maximum absolute atomic E-state index is 12.1. The molecule has 2 rings (SSSR count). The molecule has 0 aromatic heterocycles. The van der Waals surface area contributed by atoms with Crippen molar-refractivity contribution in [2.45, 2.75) is 26.7 Å². The topological polar surface area (TPSA) is 29.5 Å². The van der Waals surface area contributed by atoms with Crippen LogP contribution in [-0.2, 0) is 4.79 Å². The average Bonchev–Trinajstić information content (AvgIpc) is 2.38. The number of ether oxygens (including phenoxy) is 1. The highest BCUT2D eigenvalue weighted by molar-refractivity contribution is 6.32. The van der Waals surface area contributed by atoms with E-state index in [0.717, 1.165) is 37.4 Å². The van der Waals surface area contributed by atoms with Gasteiger partial charge in [-0.2, -0.15) is 0 Å². The normalized spacial score (nSPS) is 16.5. The minimum absolute atomic E-state index is 0.0474. The third-order valence-electron chi connectivity index (χ3n) is 3.64. The standard InChI is InChI=1S/C15H20ClNO2/c1-11-6-8-17(9-7-11)14(18)10-19-15-12(2)4-3-5-13(15)16/h3-5,11H,6-10H2,1-2H3. The predicted octanol–water partition coefficient (Wildman–Crippen LogP) is 3.29. The summed E-state index contributed by atoms with van der Waals surface area (Å²) in [6.07, 6.45) is 2.16. The Kier molecular flexibility index (Phi) is 4.70. The summed E-state index contributed by atoms with van der Waals surface area (Å²) in [5.41, 5.74) is 0.951. The maximum atomic E-state index is 12.1. The van der Waals surface area contributed by atoms with Gasteiger partial charge in [0, 0.05) is 13.1 Å². The van der Waals surface area contributed by atoms with Crippen LogP contribution >= 0.6 is 11.6 Å². The summed E-state index contributed by atoms with van der Waals surface area (Å²) in [6, 6.07) is 5.57. The summed E-state index contributed by atoms with van der Waals surface area (Å²) in [5, 5.41) is 0.556. The van der Waals surface area contributed by atoms with Crippen LogP contribution in [0.15, 0.2) is 18.2 Å². The van der Waals surface area contributed by atoms with Crippen molar-refractivity contribution in [3.8, 4) is 5.75 Å². The fourth-order valence-corrected chi connectivity index (χ4v) is 2.56. The molecule has 1 fully saturated rings. The van der Waals surface area contributed by atoms with Crippen molar-refractivity contribution in [3.63, 3.8) is 0 Å². The van der Waals surface area contributed by atoms with Gasteiger partial charge in [-0.3, -0.25) is 4.79 Å². The van der Waals surface area contributed by atoms with Gasteiger partial charge >= 0.3 is 0 Å². The van der Waals surface area contributed by atoms with Crippen LogP contribution in [0.3, 0.4) is 0 Å². The van der Waals surface area contributed by atoms with Gasteiger partial charge in [-0.25, -0.2) is 0 Å². The lowest BCUT2D eigenvalue weighted by Gasteiger charge is -2.30. The van der Waals surface area contributed by atoms with E-state index >= 15 is 0 Å². The fraction of sp³-hybridized carbons (Fsp3) is 0.533. The van der Waals surface area contributed by atoms with Crippen LogP contribution in [0.5, 0.6) is 5.75 Å². The van der Waals surface area contributed by atoms with E-state index in [9.17, 15) is 4.79 Å². The molecule has 1 aliphatic rings. The summed E-state index contributed by atoms with van der Waals surface area (Å²) in [4.78, 5) is 13.9. The van der Waals surface area contributed by atoms with Crippen molar-refractivity contribution in [2.75, 3.05) is 19.7 Å². The minimum atomic E-state index is 0.0474. The minimum Gasteiger partial charge on any atom is -0.482 e. The lowest BCUT2D eigenvalue weighted by molar-refractivity contribution is -0.134. The van der Waals surface area contributed by atoms with Gasteiger partial charge in [0.15, 0.2) is 6.61 Å². The van der Waals surface area contributed by atoms with E-state index in [4.69, 9.17) is 16.3 Å². The van der Waals surface area contributed by atoms with Gasteiger partial charge in [0.05, 0.1) is 5.02 Å². The number of carbonyl (C=O) groups is 1. The van der Waals surface area contributed by atoms with E-state index in [1.165, 1.54) is 0 Å². The lowest BCUT2D eigenvalue weighted by atomic mass is 9.99. The molecule has 1 aromatic carbocycles. The summed E-state index contributed by atoms with van der Waals surface area (Å²) in [5.74, 6) is 1.38. The Balaban J connectivity index is 1.90. The summed E-state index contributed by atoms with van der Waals surface area (Å²) < 4.78 is 5.59. The Morgan fingerprint density at radius 1 is 1.42 bits per heavy atom. The first-order chi connectivity index (χ1) is 9.08. The number of carbonyl (C=O) groups excluding carboxylic acids is 1. The zero-order chi connectivity index (χ0) is 13.8. The van der Waals surface area contributed by atoms with Crippen molar-refractivity contribution < 1.29 is 9.53 Å². The molecule has 0 bridgehead atoms. The SMILES string of the molecule is Cc1cccc(Cl)c1OCC(=O)N1CCC(C)CC1. The van der Waals surface area contributed by atoms with E-state index in [1.807, 2.05) is 24.0 Å². The third-order valence-corrected chi connectivity index (χ3v) is 3.94. The highest BCUT2D eigenvalue weighted by atomic mass is 35.5. The van der Waals surface area contributed by atoms with Gasteiger partial charge in [-0.1, -0.05) is 30.7 Å². The number of para-hydroxylation sites is 1. The van der Waals surface area contributed by atoms with Gasteiger partial charge in [-0.05, 0) is 37.3 Å². The van der Waals surface area contributed by atoms with Crippen LogP contribution in [-0.4, -0.2) is 30.5 Å². The first-order valence-corrected chi connectivity index (χ1v) is 7.11. The van der Waals surface area contributed by atoms with Crippen LogP contribution in [0, 0.1) is 12.8 Å². The summed E-state index contributed by atoms with van der Waals surface area (Å²) >= 11 is 6.07. The number of nitrogens with zero attached hydrogens (tertiary/aromatic N) is 1. The van der Waals surface area contributed by atoms with Crippen molar-refractivity contribution in [1.29, 1.82) is 0 Å². The number of rotatable bonds is 3. The fourth-order valence-electron chi connectivity index (χ4n) is 2.28. The lowest BCUT2D eigenvalue weighted by Crippen LogP contribution is -2.40. The second-order valence-electron chi connectivity index (χ2n) is 5.24.